The minimum Gasteiger partial charge on any atom is -0.480 e. The number of hydrogen-bond donors (Lipinski definition) is 2. The van der Waals surface area contributed by atoms with Gasteiger partial charge in [0.2, 0.25) is 5.91 Å². The van der Waals surface area contributed by atoms with Crippen LogP contribution in [0, 0.1) is 16.2 Å². The third-order valence-corrected chi connectivity index (χ3v) is 7.29. The molecular weight excluding hydrogens is 420 g/mol. The van der Waals surface area contributed by atoms with E-state index in [4.69, 9.17) is 11.6 Å². The number of likely N-dealkylation sites (tertiary alicyclic amines) is 1. The molecule has 1 spiro atoms. The smallest absolute Gasteiger partial charge is 0.408 e. The molecule has 0 radical (unpaired) electrons. The normalized spacial score (nSPS) is 26.0. The first-order valence-electron chi connectivity index (χ1n) is 10.4. The molecule has 1 aromatic carbocycles. The van der Waals surface area contributed by atoms with Gasteiger partial charge in [-0.3, -0.25) is 9.69 Å². The zero-order valence-electron chi connectivity index (χ0n) is 18.9. The van der Waals surface area contributed by atoms with E-state index in [-0.39, 0.29) is 25.3 Å². The Kier molecular flexibility index (Phi) is 5.37. The molecule has 2 aliphatic rings. The average Bonchev–Trinajstić information content (AvgIpc) is 3.09. The molecule has 2 saturated heterocycles. The van der Waals surface area contributed by atoms with Crippen molar-refractivity contribution in [2.75, 3.05) is 11.4 Å². The Balaban J connectivity index is 2.29. The van der Waals surface area contributed by atoms with E-state index in [0.29, 0.717) is 10.7 Å². The van der Waals surface area contributed by atoms with Gasteiger partial charge in [-0.25, -0.2) is 9.59 Å². The van der Waals surface area contributed by atoms with Gasteiger partial charge >= 0.3 is 12.1 Å². The van der Waals surface area contributed by atoms with E-state index in [1.807, 2.05) is 41.5 Å². The maximum atomic E-state index is 13.3. The van der Waals surface area contributed by atoms with Gasteiger partial charge in [0.1, 0.15) is 6.04 Å². The fourth-order valence-electron chi connectivity index (χ4n) is 7.10. The lowest BCUT2D eigenvalue weighted by Crippen LogP contribution is -2.71. The molecule has 2 N–H and O–H groups in total. The minimum absolute atomic E-state index is 0.0710. The number of carbonyl (C=O) groups excluding carboxylic acids is 1. The predicted molar refractivity (Wildman–Crippen MR) is 118 cm³/mol. The summed E-state index contributed by atoms with van der Waals surface area (Å²) in [6.07, 6.45) is -1.13. The van der Waals surface area contributed by atoms with Crippen LogP contribution in [-0.2, 0) is 9.59 Å². The van der Waals surface area contributed by atoms with Gasteiger partial charge in [0, 0.05) is 29.1 Å². The van der Waals surface area contributed by atoms with E-state index in [2.05, 4.69) is 0 Å². The Labute approximate surface area is 188 Å². The van der Waals surface area contributed by atoms with Gasteiger partial charge in [-0.2, -0.15) is 0 Å². The summed E-state index contributed by atoms with van der Waals surface area (Å²) in [6, 6.07) is 5.74. The van der Waals surface area contributed by atoms with E-state index >= 15 is 0 Å². The van der Waals surface area contributed by atoms with Gasteiger partial charge in [-0.05, 0) is 35.4 Å². The molecule has 8 heteroatoms. The quantitative estimate of drug-likeness (QED) is 0.678. The van der Waals surface area contributed by atoms with Crippen LogP contribution in [0.5, 0.6) is 0 Å². The van der Waals surface area contributed by atoms with Crippen LogP contribution in [0.15, 0.2) is 24.3 Å². The van der Waals surface area contributed by atoms with E-state index < -0.39 is 39.9 Å². The Hall–Kier alpha value is -2.28. The zero-order chi connectivity index (χ0) is 23.6. The maximum Gasteiger partial charge on any atom is 0.408 e. The Bertz CT molecular complexity index is 919. The standard InChI is InChI=1S/C23H31ClN2O5/c1-20(2,3)23(21(4,5)6)22(11-16(18(28)29)26(23)19(30)31)12-17(27)25(13-22)15-9-7-8-14(24)10-15/h7-10,16H,11-13H2,1-6H3,(H,28,29)(H,30,31). The molecule has 2 unspecified atom stereocenters. The largest absolute Gasteiger partial charge is 0.480 e. The fourth-order valence-corrected chi connectivity index (χ4v) is 7.29. The number of nitrogens with zero attached hydrogens (tertiary/aromatic N) is 2. The second kappa shape index (κ2) is 7.12. The summed E-state index contributed by atoms with van der Waals surface area (Å²) in [6.45, 7) is 11.9. The highest BCUT2D eigenvalue weighted by Gasteiger charge is 2.76. The third-order valence-electron chi connectivity index (χ3n) is 7.06. The Morgan fingerprint density at radius 1 is 1.10 bits per heavy atom. The molecule has 0 saturated carbocycles. The summed E-state index contributed by atoms with van der Waals surface area (Å²) in [5.74, 6) is -1.35. The molecule has 7 nitrogen and oxygen atoms in total. The van der Waals surface area contributed by atoms with Gasteiger partial charge in [0.15, 0.2) is 0 Å². The first-order chi connectivity index (χ1) is 14.1. The number of halogens is 1. The van der Waals surface area contributed by atoms with Crippen molar-refractivity contribution >= 4 is 35.3 Å². The van der Waals surface area contributed by atoms with Crippen LogP contribution in [0.3, 0.4) is 0 Å². The molecule has 1 aromatic rings. The monoisotopic (exact) mass is 450 g/mol. The number of aliphatic carboxylic acids is 1. The highest BCUT2D eigenvalue weighted by molar-refractivity contribution is 6.30. The molecule has 2 atom stereocenters. The van der Waals surface area contributed by atoms with Crippen LogP contribution in [-0.4, -0.2) is 51.2 Å². The van der Waals surface area contributed by atoms with E-state index in [0.717, 1.165) is 4.90 Å². The average molecular weight is 451 g/mol. The number of carbonyl (C=O) groups is 3. The Morgan fingerprint density at radius 3 is 2.13 bits per heavy atom. The van der Waals surface area contributed by atoms with Gasteiger partial charge in [-0.1, -0.05) is 59.2 Å². The predicted octanol–water partition coefficient (Wildman–Crippen LogP) is 4.73. The van der Waals surface area contributed by atoms with Crippen molar-refractivity contribution in [1.29, 1.82) is 0 Å². The second-order valence-corrected chi connectivity index (χ2v) is 11.3. The van der Waals surface area contributed by atoms with Crippen molar-refractivity contribution in [3.63, 3.8) is 0 Å². The first kappa shape index (κ1) is 23.4. The molecule has 0 aromatic heterocycles. The lowest BCUT2D eigenvalue weighted by Gasteiger charge is -2.62. The lowest BCUT2D eigenvalue weighted by atomic mass is 9.48. The van der Waals surface area contributed by atoms with Crippen molar-refractivity contribution in [3.8, 4) is 0 Å². The number of hydrogen-bond acceptors (Lipinski definition) is 3. The number of benzene rings is 1. The summed E-state index contributed by atoms with van der Waals surface area (Å²) in [7, 11) is 0. The molecule has 2 heterocycles. The van der Waals surface area contributed by atoms with Crippen molar-refractivity contribution in [1.82, 2.24) is 4.90 Å². The van der Waals surface area contributed by atoms with Crippen molar-refractivity contribution in [2.24, 2.45) is 16.2 Å². The molecule has 170 valence electrons. The van der Waals surface area contributed by atoms with Crippen molar-refractivity contribution < 1.29 is 24.6 Å². The summed E-state index contributed by atoms with van der Waals surface area (Å²) in [4.78, 5) is 40.9. The van der Waals surface area contributed by atoms with Gasteiger partial charge in [0.05, 0.1) is 5.54 Å². The summed E-state index contributed by atoms with van der Waals surface area (Å²) in [5, 5.41) is 20.8. The number of rotatable bonds is 2. The SMILES string of the molecule is CC(C)(C)C1(C(C)(C)C)N(C(=O)O)C(C(=O)O)CC12CC(=O)N(c1cccc(Cl)c1)C2. The maximum absolute atomic E-state index is 13.3. The van der Waals surface area contributed by atoms with E-state index in [1.54, 1.807) is 29.2 Å². The molecule has 2 aliphatic heterocycles. The number of carboxylic acids is 1. The molecule has 0 bridgehead atoms. The number of amides is 2. The highest BCUT2D eigenvalue weighted by Crippen LogP contribution is 2.67. The van der Waals surface area contributed by atoms with Crippen LogP contribution in [0.2, 0.25) is 5.02 Å². The molecule has 31 heavy (non-hydrogen) atoms. The minimum atomic E-state index is -1.28. The Morgan fingerprint density at radius 2 is 1.68 bits per heavy atom. The van der Waals surface area contributed by atoms with Crippen LogP contribution < -0.4 is 4.90 Å². The molecule has 2 amide bonds. The first-order valence-corrected chi connectivity index (χ1v) is 10.8. The fraction of sp³-hybridized carbons (Fsp3) is 0.609. The van der Waals surface area contributed by atoms with Crippen molar-refractivity contribution in [3.05, 3.63) is 29.3 Å². The number of carboxylic acid groups (broad SMARTS) is 2. The topological polar surface area (TPSA) is 98.1 Å². The van der Waals surface area contributed by atoms with Crippen LogP contribution in [0.4, 0.5) is 10.5 Å². The van der Waals surface area contributed by atoms with Gasteiger partial charge in [0.25, 0.3) is 0 Å². The van der Waals surface area contributed by atoms with E-state index in [9.17, 15) is 24.6 Å². The van der Waals surface area contributed by atoms with Crippen LogP contribution in [0.1, 0.15) is 54.4 Å². The molecule has 0 aliphatic carbocycles. The third kappa shape index (κ3) is 3.20. The summed E-state index contributed by atoms with van der Waals surface area (Å²) >= 11 is 6.15. The molecule has 2 fully saturated rings. The van der Waals surface area contributed by atoms with Crippen molar-refractivity contribution in [2.45, 2.75) is 66.0 Å². The summed E-state index contributed by atoms with van der Waals surface area (Å²) in [5.41, 5.74) is -2.68. The molecule has 3 rings (SSSR count). The zero-order valence-corrected chi connectivity index (χ0v) is 19.7. The second-order valence-electron chi connectivity index (χ2n) is 10.8. The highest BCUT2D eigenvalue weighted by atomic mass is 35.5. The van der Waals surface area contributed by atoms with Crippen LogP contribution in [0.25, 0.3) is 0 Å². The number of anilines is 1. The van der Waals surface area contributed by atoms with Gasteiger partial charge in [-0.15, -0.1) is 0 Å². The van der Waals surface area contributed by atoms with E-state index in [1.165, 1.54) is 0 Å². The van der Waals surface area contributed by atoms with Gasteiger partial charge < -0.3 is 15.1 Å². The summed E-state index contributed by atoms with van der Waals surface area (Å²) < 4.78 is 0. The lowest BCUT2D eigenvalue weighted by molar-refractivity contribution is -0.149. The van der Waals surface area contributed by atoms with Crippen LogP contribution >= 0.6 is 11.6 Å². The molecular formula is C23H31ClN2O5.